The zero-order valence-electron chi connectivity index (χ0n) is 12.9. The summed E-state index contributed by atoms with van der Waals surface area (Å²) in [5.41, 5.74) is 0. The number of hydrogen-bond acceptors (Lipinski definition) is 5. The minimum absolute atomic E-state index is 0.125. The van der Waals surface area contributed by atoms with Crippen molar-refractivity contribution < 1.29 is 24.4 Å². The standard InChI is InChI=1S/C12H26O3.C2H6O2/c1-5-7-9-13-11(3)15-12(4)14-10-8-6-2;3-1-2-4/h11-12H,5-10H2,1-4H3;3-4H,1-2H2. The highest BCUT2D eigenvalue weighted by atomic mass is 16.8. The van der Waals surface area contributed by atoms with E-state index in [4.69, 9.17) is 24.4 Å². The Morgan fingerprint density at radius 1 is 0.789 bits per heavy atom. The Bertz CT molecular complexity index is 139. The number of aliphatic hydroxyl groups excluding tert-OH is 2. The summed E-state index contributed by atoms with van der Waals surface area (Å²) in [4.78, 5) is 0. The monoisotopic (exact) mass is 280 g/mol. The Hall–Kier alpha value is -0.200. The van der Waals surface area contributed by atoms with E-state index in [1.807, 2.05) is 13.8 Å². The van der Waals surface area contributed by atoms with Crippen LogP contribution in [0.1, 0.15) is 53.4 Å². The SMILES string of the molecule is CCCCOC(C)OC(C)OCCCC.OCCO. The maximum atomic E-state index is 7.62. The molecule has 5 heteroatoms. The third-order valence-corrected chi connectivity index (χ3v) is 2.18. The van der Waals surface area contributed by atoms with Crippen molar-refractivity contribution in [2.45, 2.75) is 66.0 Å². The minimum Gasteiger partial charge on any atom is -0.394 e. The van der Waals surface area contributed by atoms with Crippen molar-refractivity contribution in [2.24, 2.45) is 0 Å². The molecular formula is C14H32O5. The average Bonchev–Trinajstić information content (AvgIpc) is 2.39. The lowest BCUT2D eigenvalue weighted by Gasteiger charge is -2.19. The van der Waals surface area contributed by atoms with Crippen LogP contribution in [0.25, 0.3) is 0 Å². The molecule has 0 aliphatic rings. The third kappa shape index (κ3) is 20.3. The van der Waals surface area contributed by atoms with E-state index in [1.54, 1.807) is 0 Å². The molecular weight excluding hydrogens is 248 g/mol. The van der Waals surface area contributed by atoms with Crippen LogP contribution in [0.5, 0.6) is 0 Å². The second kappa shape index (κ2) is 17.8. The average molecular weight is 280 g/mol. The first-order valence-corrected chi connectivity index (χ1v) is 7.22. The maximum absolute atomic E-state index is 7.62. The zero-order chi connectivity index (χ0) is 14.9. The van der Waals surface area contributed by atoms with Gasteiger partial charge in [0.25, 0.3) is 0 Å². The fourth-order valence-electron chi connectivity index (χ4n) is 1.14. The van der Waals surface area contributed by atoms with Gasteiger partial charge >= 0.3 is 0 Å². The normalized spacial score (nSPS) is 13.6. The Morgan fingerprint density at radius 3 is 1.42 bits per heavy atom. The Morgan fingerprint density at radius 2 is 1.16 bits per heavy atom. The van der Waals surface area contributed by atoms with Gasteiger partial charge in [0.15, 0.2) is 12.6 Å². The van der Waals surface area contributed by atoms with Crippen molar-refractivity contribution in [3.8, 4) is 0 Å². The fourth-order valence-corrected chi connectivity index (χ4v) is 1.14. The Kier molecular flexibility index (Phi) is 19.8. The zero-order valence-corrected chi connectivity index (χ0v) is 12.9. The van der Waals surface area contributed by atoms with Gasteiger partial charge in [-0.1, -0.05) is 26.7 Å². The first-order chi connectivity index (χ1) is 9.12. The molecule has 0 bridgehead atoms. The van der Waals surface area contributed by atoms with Crippen LogP contribution in [0.4, 0.5) is 0 Å². The predicted molar refractivity (Wildman–Crippen MR) is 75.9 cm³/mol. The van der Waals surface area contributed by atoms with E-state index in [2.05, 4.69) is 13.8 Å². The van der Waals surface area contributed by atoms with E-state index in [0.717, 1.165) is 38.9 Å². The highest BCUT2D eigenvalue weighted by Gasteiger charge is 2.08. The van der Waals surface area contributed by atoms with Crippen molar-refractivity contribution in [1.82, 2.24) is 0 Å². The first-order valence-electron chi connectivity index (χ1n) is 7.22. The number of hydrogen-bond donors (Lipinski definition) is 2. The van der Waals surface area contributed by atoms with Gasteiger partial charge in [0, 0.05) is 13.2 Å². The molecule has 0 spiro atoms. The Balaban J connectivity index is 0. The summed E-state index contributed by atoms with van der Waals surface area (Å²) in [5.74, 6) is 0. The summed E-state index contributed by atoms with van der Waals surface area (Å²) in [6, 6.07) is 0. The molecule has 0 aromatic rings. The van der Waals surface area contributed by atoms with Crippen LogP contribution in [0.15, 0.2) is 0 Å². The van der Waals surface area contributed by atoms with E-state index < -0.39 is 0 Å². The summed E-state index contributed by atoms with van der Waals surface area (Å²) in [6.07, 6.45) is 4.11. The van der Waals surface area contributed by atoms with Crippen LogP contribution in [0.3, 0.4) is 0 Å². The van der Waals surface area contributed by atoms with Gasteiger partial charge in [0.05, 0.1) is 13.2 Å². The summed E-state index contributed by atoms with van der Waals surface area (Å²) < 4.78 is 16.4. The molecule has 2 unspecified atom stereocenters. The largest absolute Gasteiger partial charge is 0.394 e. The highest BCUT2D eigenvalue weighted by Crippen LogP contribution is 2.03. The van der Waals surface area contributed by atoms with Gasteiger partial charge in [-0.2, -0.15) is 0 Å². The predicted octanol–water partition coefficient (Wildman–Crippen LogP) is 2.30. The lowest BCUT2D eigenvalue weighted by Crippen LogP contribution is -2.23. The summed E-state index contributed by atoms with van der Waals surface area (Å²) >= 11 is 0. The van der Waals surface area contributed by atoms with Crippen LogP contribution in [0, 0.1) is 0 Å². The first kappa shape index (κ1) is 21.1. The minimum atomic E-state index is -0.173. The highest BCUT2D eigenvalue weighted by molar-refractivity contribution is 4.39. The van der Waals surface area contributed by atoms with Gasteiger partial charge in [0.1, 0.15) is 0 Å². The van der Waals surface area contributed by atoms with Crippen LogP contribution in [-0.2, 0) is 14.2 Å². The molecule has 0 amide bonds. The van der Waals surface area contributed by atoms with Crippen LogP contribution in [0.2, 0.25) is 0 Å². The molecule has 118 valence electrons. The second-order valence-electron chi connectivity index (χ2n) is 4.17. The van der Waals surface area contributed by atoms with Gasteiger partial charge in [-0.15, -0.1) is 0 Å². The number of aliphatic hydroxyl groups is 2. The summed E-state index contributed by atoms with van der Waals surface area (Å²) in [5, 5.41) is 15.2. The molecule has 2 atom stereocenters. The van der Waals surface area contributed by atoms with Gasteiger partial charge < -0.3 is 24.4 Å². The maximum Gasteiger partial charge on any atom is 0.157 e. The molecule has 0 aliphatic heterocycles. The molecule has 0 saturated carbocycles. The lowest BCUT2D eigenvalue weighted by atomic mass is 10.4. The molecule has 0 aliphatic carbocycles. The van der Waals surface area contributed by atoms with Gasteiger partial charge in [0.2, 0.25) is 0 Å². The van der Waals surface area contributed by atoms with Gasteiger partial charge in [-0.3, -0.25) is 0 Å². The molecule has 0 heterocycles. The summed E-state index contributed by atoms with van der Waals surface area (Å²) in [6.45, 7) is 9.39. The molecule has 0 rings (SSSR count). The lowest BCUT2D eigenvalue weighted by molar-refractivity contribution is -0.231. The molecule has 5 nitrogen and oxygen atoms in total. The van der Waals surface area contributed by atoms with E-state index in [9.17, 15) is 0 Å². The molecule has 0 saturated heterocycles. The van der Waals surface area contributed by atoms with Crippen LogP contribution in [-0.4, -0.2) is 49.2 Å². The number of ether oxygens (including phenoxy) is 3. The van der Waals surface area contributed by atoms with E-state index in [-0.39, 0.29) is 25.8 Å². The molecule has 2 N–H and O–H groups in total. The summed E-state index contributed by atoms with van der Waals surface area (Å²) in [7, 11) is 0. The van der Waals surface area contributed by atoms with Crippen molar-refractivity contribution in [1.29, 1.82) is 0 Å². The molecule has 0 aromatic carbocycles. The van der Waals surface area contributed by atoms with E-state index in [1.165, 1.54) is 0 Å². The number of rotatable bonds is 11. The van der Waals surface area contributed by atoms with Crippen molar-refractivity contribution in [3.05, 3.63) is 0 Å². The molecule has 0 aromatic heterocycles. The number of unbranched alkanes of at least 4 members (excludes halogenated alkanes) is 2. The Labute approximate surface area is 117 Å². The topological polar surface area (TPSA) is 68.2 Å². The van der Waals surface area contributed by atoms with Gasteiger partial charge in [-0.25, -0.2) is 0 Å². The van der Waals surface area contributed by atoms with Gasteiger partial charge in [-0.05, 0) is 26.7 Å². The van der Waals surface area contributed by atoms with E-state index >= 15 is 0 Å². The quantitative estimate of drug-likeness (QED) is 0.449. The van der Waals surface area contributed by atoms with Crippen molar-refractivity contribution in [2.75, 3.05) is 26.4 Å². The van der Waals surface area contributed by atoms with Crippen molar-refractivity contribution in [3.63, 3.8) is 0 Å². The molecule has 0 fully saturated rings. The second-order valence-corrected chi connectivity index (χ2v) is 4.17. The van der Waals surface area contributed by atoms with Crippen molar-refractivity contribution >= 4 is 0 Å². The third-order valence-electron chi connectivity index (χ3n) is 2.18. The smallest absolute Gasteiger partial charge is 0.157 e. The molecule has 19 heavy (non-hydrogen) atoms. The molecule has 0 radical (unpaired) electrons. The van der Waals surface area contributed by atoms with E-state index in [0.29, 0.717) is 0 Å². The van der Waals surface area contributed by atoms with Crippen LogP contribution < -0.4 is 0 Å². The van der Waals surface area contributed by atoms with Crippen LogP contribution >= 0.6 is 0 Å². The fraction of sp³-hybridized carbons (Fsp3) is 1.00.